The van der Waals surface area contributed by atoms with Gasteiger partial charge in [-0.05, 0) is 18.2 Å². The molecule has 1 aromatic carbocycles. The first-order valence-electron chi connectivity index (χ1n) is 2.88. The first kappa shape index (κ1) is 7.54. The van der Waals surface area contributed by atoms with Crippen molar-refractivity contribution in [1.29, 1.82) is 0 Å². The van der Waals surface area contributed by atoms with Crippen molar-refractivity contribution in [2.24, 2.45) is 0 Å². The Morgan fingerprint density at radius 1 is 1.50 bits per heavy atom. The Balaban J connectivity index is 2.75. The Kier molecular flexibility index (Phi) is 2.68. The van der Waals surface area contributed by atoms with Gasteiger partial charge in [-0.25, -0.2) is 4.39 Å². The lowest BCUT2D eigenvalue weighted by Crippen LogP contribution is -1.93. The molecule has 1 rings (SSSR count). The molecular weight excluding hydrogens is 197 g/mol. The second kappa shape index (κ2) is 3.56. The number of halogens is 2. The second-order valence-corrected chi connectivity index (χ2v) is 2.74. The fraction of sp³-hybridized carbons (Fsp3) is 0.143. The molecule has 0 aliphatic rings. The normalized spacial score (nSPS) is 9.40. The largest absolute Gasteiger partial charge is 0.358 e. The van der Waals surface area contributed by atoms with Crippen molar-refractivity contribution in [3.05, 3.63) is 28.7 Å². The van der Waals surface area contributed by atoms with E-state index in [1.54, 1.807) is 0 Å². The molecule has 0 radical (unpaired) electrons. The first-order valence-corrected chi connectivity index (χ1v) is 3.67. The molecule has 10 heavy (non-hydrogen) atoms. The summed E-state index contributed by atoms with van der Waals surface area (Å²) in [5.74, 6) is 0. The molecule has 0 heterocycles. The van der Waals surface area contributed by atoms with Gasteiger partial charge in [0.2, 0.25) is 0 Å². The SMILES string of the molecule is FCNc1cccc(Br)c1. The van der Waals surface area contributed by atoms with Gasteiger partial charge in [-0.2, -0.15) is 0 Å². The van der Waals surface area contributed by atoms with Gasteiger partial charge in [-0.3, -0.25) is 0 Å². The van der Waals surface area contributed by atoms with E-state index in [0.717, 1.165) is 10.2 Å². The highest BCUT2D eigenvalue weighted by molar-refractivity contribution is 9.10. The summed E-state index contributed by atoms with van der Waals surface area (Å²) in [5.41, 5.74) is 0.789. The predicted octanol–water partition coefficient (Wildman–Crippen LogP) is 2.79. The van der Waals surface area contributed by atoms with Crippen LogP contribution in [-0.4, -0.2) is 6.80 Å². The quantitative estimate of drug-likeness (QED) is 0.730. The monoisotopic (exact) mass is 203 g/mol. The summed E-state index contributed by atoms with van der Waals surface area (Å²) in [6.45, 7) is -0.531. The fourth-order valence-corrected chi connectivity index (χ4v) is 1.07. The second-order valence-electron chi connectivity index (χ2n) is 1.82. The van der Waals surface area contributed by atoms with Crippen LogP contribution in [0.15, 0.2) is 28.7 Å². The van der Waals surface area contributed by atoms with E-state index in [2.05, 4.69) is 21.2 Å². The molecular formula is C7H7BrFN. The van der Waals surface area contributed by atoms with Gasteiger partial charge in [0.1, 0.15) is 0 Å². The molecule has 54 valence electrons. The number of hydrogen-bond acceptors (Lipinski definition) is 1. The van der Waals surface area contributed by atoms with E-state index in [-0.39, 0.29) is 0 Å². The van der Waals surface area contributed by atoms with E-state index in [9.17, 15) is 4.39 Å². The van der Waals surface area contributed by atoms with Gasteiger partial charge in [0, 0.05) is 10.2 Å². The van der Waals surface area contributed by atoms with Gasteiger partial charge in [-0.1, -0.05) is 22.0 Å². The van der Waals surface area contributed by atoms with Crippen LogP contribution in [0.5, 0.6) is 0 Å². The Labute approximate surface area is 67.4 Å². The summed E-state index contributed by atoms with van der Waals surface area (Å²) in [6.07, 6.45) is 0. The predicted molar refractivity (Wildman–Crippen MR) is 43.7 cm³/mol. The van der Waals surface area contributed by atoms with Gasteiger partial charge < -0.3 is 5.32 Å². The molecule has 0 unspecified atom stereocenters. The smallest absolute Gasteiger partial charge is 0.159 e. The molecule has 3 heteroatoms. The molecule has 0 aliphatic heterocycles. The Morgan fingerprint density at radius 3 is 2.90 bits per heavy atom. The molecule has 0 saturated heterocycles. The minimum Gasteiger partial charge on any atom is -0.358 e. The van der Waals surface area contributed by atoms with Gasteiger partial charge >= 0.3 is 0 Å². The Bertz CT molecular complexity index is 215. The number of benzene rings is 1. The summed E-state index contributed by atoms with van der Waals surface area (Å²) in [4.78, 5) is 0. The highest BCUT2D eigenvalue weighted by atomic mass is 79.9. The summed E-state index contributed by atoms with van der Waals surface area (Å²) in [7, 11) is 0. The Hall–Kier alpha value is -0.570. The van der Waals surface area contributed by atoms with Crippen LogP contribution in [0.1, 0.15) is 0 Å². The zero-order valence-corrected chi connectivity index (χ0v) is 6.86. The molecule has 0 fully saturated rings. The van der Waals surface area contributed by atoms with Crippen molar-refractivity contribution in [2.45, 2.75) is 0 Å². The van der Waals surface area contributed by atoms with E-state index in [1.165, 1.54) is 0 Å². The van der Waals surface area contributed by atoms with Crippen LogP contribution in [-0.2, 0) is 0 Å². The zero-order chi connectivity index (χ0) is 7.40. The van der Waals surface area contributed by atoms with Crippen molar-refractivity contribution < 1.29 is 4.39 Å². The first-order chi connectivity index (χ1) is 4.83. The average molecular weight is 204 g/mol. The van der Waals surface area contributed by atoms with Crippen LogP contribution in [0.25, 0.3) is 0 Å². The third-order valence-electron chi connectivity index (χ3n) is 1.10. The van der Waals surface area contributed by atoms with Gasteiger partial charge in [0.15, 0.2) is 6.80 Å². The third-order valence-corrected chi connectivity index (χ3v) is 1.59. The maximum Gasteiger partial charge on any atom is 0.159 e. The van der Waals surface area contributed by atoms with E-state index < -0.39 is 6.80 Å². The molecule has 0 atom stereocenters. The number of hydrogen-bond donors (Lipinski definition) is 1. The highest BCUT2D eigenvalue weighted by Crippen LogP contribution is 2.14. The van der Waals surface area contributed by atoms with Crippen LogP contribution >= 0.6 is 15.9 Å². The lowest BCUT2D eigenvalue weighted by molar-refractivity contribution is 0.536. The molecule has 1 aromatic rings. The number of alkyl halides is 1. The van der Waals surface area contributed by atoms with Crippen LogP contribution in [0.2, 0.25) is 0 Å². The van der Waals surface area contributed by atoms with Crippen molar-refractivity contribution in [1.82, 2.24) is 0 Å². The van der Waals surface area contributed by atoms with Crippen molar-refractivity contribution in [3.63, 3.8) is 0 Å². The van der Waals surface area contributed by atoms with Crippen LogP contribution in [0.4, 0.5) is 10.1 Å². The highest BCUT2D eigenvalue weighted by Gasteiger charge is 1.89. The van der Waals surface area contributed by atoms with Crippen LogP contribution < -0.4 is 5.32 Å². The molecule has 0 aliphatic carbocycles. The number of anilines is 1. The fourth-order valence-electron chi connectivity index (χ4n) is 0.676. The maximum atomic E-state index is 11.7. The molecule has 0 saturated carbocycles. The summed E-state index contributed by atoms with van der Waals surface area (Å²) < 4.78 is 12.6. The zero-order valence-electron chi connectivity index (χ0n) is 5.27. The summed E-state index contributed by atoms with van der Waals surface area (Å²) >= 11 is 3.27. The number of nitrogens with one attached hydrogen (secondary N) is 1. The molecule has 0 aromatic heterocycles. The van der Waals surface area contributed by atoms with Gasteiger partial charge in [0.25, 0.3) is 0 Å². The standard InChI is InChI=1S/C7H7BrFN/c8-6-2-1-3-7(4-6)10-5-9/h1-4,10H,5H2. The molecule has 0 bridgehead atoms. The van der Waals surface area contributed by atoms with E-state index in [1.807, 2.05) is 24.3 Å². The maximum absolute atomic E-state index is 11.7. The minimum atomic E-state index is -0.531. The lowest BCUT2D eigenvalue weighted by atomic mass is 10.3. The average Bonchev–Trinajstić information content (AvgIpc) is 1.88. The summed E-state index contributed by atoms with van der Waals surface area (Å²) in [6, 6.07) is 7.37. The molecule has 1 nitrogen and oxygen atoms in total. The van der Waals surface area contributed by atoms with Crippen LogP contribution in [0.3, 0.4) is 0 Å². The minimum absolute atomic E-state index is 0.531. The van der Waals surface area contributed by atoms with Crippen LogP contribution in [0, 0.1) is 0 Å². The molecule has 0 spiro atoms. The Morgan fingerprint density at radius 2 is 2.30 bits per heavy atom. The molecule has 0 amide bonds. The number of rotatable bonds is 2. The molecule has 1 N–H and O–H groups in total. The van der Waals surface area contributed by atoms with Crippen molar-refractivity contribution in [3.8, 4) is 0 Å². The lowest BCUT2D eigenvalue weighted by Gasteiger charge is -1.99. The van der Waals surface area contributed by atoms with Gasteiger partial charge in [0.05, 0.1) is 0 Å². The van der Waals surface area contributed by atoms with Crippen molar-refractivity contribution in [2.75, 3.05) is 12.1 Å². The topological polar surface area (TPSA) is 12.0 Å². The van der Waals surface area contributed by atoms with E-state index in [4.69, 9.17) is 0 Å². The van der Waals surface area contributed by atoms with Gasteiger partial charge in [-0.15, -0.1) is 0 Å². The third kappa shape index (κ3) is 1.99. The van der Waals surface area contributed by atoms with E-state index in [0.29, 0.717) is 0 Å². The summed E-state index contributed by atoms with van der Waals surface area (Å²) in [5, 5.41) is 2.55. The van der Waals surface area contributed by atoms with E-state index >= 15 is 0 Å². The van der Waals surface area contributed by atoms with Crippen molar-refractivity contribution >= 4 is 21.6 Å².